The van der Waals surface area contributed by atoms with Crippen LogP contribution in [0.3, 0.4) is 0 Å². The number of nitrogens with two attached hydrogens (primary N) is 1. The molecule has 0 fully saturated rings. The molecule has 2 aromatic rings. The maximum absolute atomic E-state index is 12.6. The molecule has 0 radical (unpaired) electrons. The molecule has 5 nitrogen and oxygen atoms in total. The van der Waals surface area contributed by atoms with Crippen LogP contribution in [-0.4, -0.2) is 24.3 Å². The van der Waals surface area contributed by atoms with E-state index in [4.69, 9.17) is 10.2 Å². The Balaban J connectivity index is 2.05. The minimum atomic E-state index is -0.299. The molecule has 0 aliphatic carbocycles. The molecule has 2 N–H and O–H groups in total. The van der Waals surface area contributed by atoms with Crippen LogP contribution in [0, 0.1) is 5.92 Å². The van der Waals surface area contributed by atoms with E-state index in [1.165, 1.54) is 0 Å². The molecule has 3 rings (SSSR count). The van der Waals surface area contributed by atoms with E-state index in [1.807, 2.05) is 19.1 Å². The van der Waals surface area contributed by atoms with Crippen LogP contribution in [0.25, 0.3) is 11.0 Å². The number of primary amides is 1. The van der Waals surface area contributed by atoms with Gasteiger partial charge >= 0.3 is 0 Å². The van der Waals surface area contributed by atoms with Gasteiger partial charge in [0.05, 0.1) is 11.8 Å². The number of anilines is 1. The van der Waals surface area contributed by atoms with Gasteiger partial charge in [-0.15, -0.1) is 0 Å². The van der Waals surface area contributed by atoms with Gasteiger partial charge in [-0.2, -0.15) is 0 Å². The van der Waals surface area contributed by atoms with Crippen molar-refractivity contribution in [2.45, 2.75) is 46.1 Å². The quantitative estimate of drug-likeness (QED) is 0.913. The predicted octanol–water partition coefficient (Wildman–Crippen LogP) is 3.29. The average molecular weight is 328 g/mol. The molecular weight excluding hydrogens is 304 g/mol. The molecule has 0 saturated carbocycles. The number of furan rings is 1. The standard InChI is InChI=1S/C19H24N2O3/c1-11(2)21-9-8-15(22)18-14(21)6-7-16-17(18)13(10-24-16)5-4-12(3)19(20)23/h6-7,10-12H,4-5,8-9H2,1-3H3,(H2,20,23). The first kappa shape index (κ1) is 16.6. The molecule has 0 spiro atoms. The smallest absolute Gasteiger partial charge is 0.220 e. The third-order valence-electron chi connectivity index (χ3n) is 4.92. The lowest BCUT2D eigenvalue weighted by Crippen LogP contribution is -2.37. The van der Waals surface area contributed by atoms with Crippen molar-refractivity contribution in [2.75, 3.05) is 11.4 Å². The zero-order valence-electron chi connectivity index (χ0n) is 14.5. The van der Waals surface area contributed by atoms with Gasteiger partial charge in [-0.3, -0.25) is 9.59 Å². The van der Waals surface area contributed by atoms with E-state index in [1.54, 1.807) is 6.26 Å². The number of nitrogens with zero attached hydrogens (tertiary/aromatic N) is 1. The highest BCUT2D eigenvalue weighted by molar-refractivity contribution is 6.14. The van der Waals surface area contributed by atoms with Crippen molar-refractivity contribution in [1.29, 1.82) is 0 Å². The summed E-state index contributed by atoms with van der Waals surface area (Å²) >= 11 is 0. The Morgan fingerprint density at radius 2 is 2.08 bits per heavy atom. The highest BCUT2D eigenvalue weighted by Gasteiger charge is 2.28. The minimum absolute atomic E-state index is 0.165. The van der Waals surface area contributed by atoms with Crippen molar-refractivity contribution in [1.82, 2.24) is 0 Å². The molecule has 1 aromatic heterocycles. The number of benzene rings is 1. The SMILES string of the molecule is CC(CCc1coc2ccc3c(c12)C(=O)CCN3C(C)C)C(N)=O. The summed E-state index contributed by atoms with van der Waals surface area (Å²) in [5, 5.41) is 0.902. The molecule has 1 unspecified atom stereocenters. The van der Waals surface area contributed by atoms with Crippen LogP contribution >= 0.6 is 0 Å². The summed E-state index contributed by atoms with van der Waals surface area (Å²) in [6.45, 7) is 6.84. The van der Waals surface area contributed by atoms with Gasteiger partial charge in [0.1, 0.15) is 5.58 Å². The first-order chi connectivity index (χ1) is 11.4. The normalized spacial score (nSPS) is 15.8. The van der Waals surface area contributed by atoms with Gasteiger partial charge in [-0.05, 0) is 44.4 Å². The average Bonchev–Trinajstić information content (AvgIpc) is 2.95. The Kier molecular flexibility index (Phi) is 4.35. The molecule has 1 amide bonds. The summed E-state index contributed by atoms with van der Waals surface area (Å²) in [4.78, 5) is 26.1. The fourth-order valence-electron chi connectivity index (χ4n) is 3.41. The van der Waals surface area contributed by atoms with E-state index in [2.05, 4.69) is 18.7 Å². The van der Waals surface area contributed by atoms with Gasteiger partial charge in [0, 0.05) is 36.0 Å². The molecule has 2 heterocycles. The Labute approximate surface area is 141 Å². The number of carbonyl (C=O) groups is 2. The molecule has 1 atom stereocenters. The van der Waals surface area contributed by atoms with Crippen molar-refractivity contribution < 1.29 is 14.0 Å². The highest BCUT2D eigenvalue weighted by Crippen LogP contribution is 2.37. The third-order valence-corrected chi connectivity index (χ3v) is 4.92. The number of rotatable bonds is 5. The summed E-state index contributed by atoms with van der Waals surface area (Å²) < 4.78 is 5.67. The predicted molar refractivity (Wildman–Crippen MR) is 94.3 cm³/mol. The van der Waals surface area contributed by atoms with Crippen LogP contribution in [0.15, 0.2) is 22.8 Å². The number of aryl methyl sites for hydroxylation is 1. The largest absolute Gasteiger partial charge is 0.464 e. The van der Waals surface area contributed by atoms with E-state index in [0.717, 1.165) is 34.3 Å². The van der Waals surface area contributed by atoms with Crippen molar-refractivity contribution >= 4 is 28.3 Å². The number of fused-ring (bicyclic) bond motifs is 3. The molecule has 1 aliphatic rings. The topological polar surface area (TPSA) is 76.5 Å². The summed E-state index contributed by atoms with van der Waals surface area (Å²) in [6.07, 6.45) is 3.55. The highest BCUT2D eigenvalue weighted by atomic mass is 16.3. The van der Waals surface area contributed by atoms with E-state index >= 15 is 0 Å². The zero-order chi connectivity index (χ0) is 17.4. The molecule has 1 aliphatic heterocycles. The Bertz CT molecular complexity index is 791. The summed E-state index contributed by atoms with van der Waals surface area (Å²) in [5.74, 6) is -0.331. The summed E-state index contributed by atoms with van der Waals surface area (Å²) in [7, 11) is 0. The van der Waals surface area contributed by atoms with Crippen LogP contribution in [-0.2, 0) is 11.2 Å². The molecule has 0 bridgehead atoms. The minimum Gasteiger partial charge on any atom is -0.464 e. The van der Waals surface area contributed by atoms with Crippen LogP contribution in [0.2, 0.25) is 0 Å². The van der Waals surface area contributed by atoms with Crippen molar-refractivity contribution in [3.8, 4) is 0 Å². The van der Waals surface area contributed by atoms with E-state index < -0.39 is 0 Å². The number of hydrogen-bond acceptors (Lipinski definition) is 4. The Morgan fingerprint density at radius 3 is 2.75 bits per heavy atom. The van der Waals surface area contributed by atoms with E-state index in [-0.39, 0.29) is 17.6 Å². The van der Waals surface area contributed by atoms with Gasteiger partial charge in [-0.25, -0.2) is 0 Å². The van der Waals surface area contributed by atoms with E-state index in [0.29, 0.717) is 25.3 Å². The second-order valence-electron chi connectivity index (χ2n) is 6.90. The van der Waals surface area contributed by atoms with Crippen LogP contribution in [0.1, 0.15) is 49.5 Å². The number of carbonyl (C=O) groups excluding carboxylic acids is 2. The van der Waals surface area contributed by atoms with Gasteiger partial charge in [0.15, 0.2) is 5.78 Å². The summed E-state index contributed by atoms with van der Waals surface area (Å²) in [5.41, 5.74) is 8.81. The lowest BCUT2D eigenvalue weighted by Gasteiger charge is -2.34. The Morgan fingerprint density at radius 1 is 1.33 bits per heavy atom. The van der Waals surface area contributed by atoms with Gasteiger partial charge in [-0.1, -0.05) is 6.92 Å². The molecule has 5 heteroatoms. The Hall–Kier alpha value is -2.30. The molecule has 1 aromatic carbocycles. The molecular formula is C19H24N2O3. The molecule has 128 valence electrons. The van der Waals surface area contributed by atoms with Crippen molar-refractivity contribution in [3.05, 3.63) is 29.5 Å². The fraction of sp³-hybridized carbons (Fsp3) is 0.474. The molecule has 24 heavy (non-hydrogen) atoms. The van der Waals surface area contributed by atoms with E-state index in [9.17, 15) is 9.59 Å². The lowest BCUT2D eigenvalue weighted by atomic mass is 9.92. The fourth-order valence-corrected chi connectivity index (χ4v) is 3.41. The maximum atomic E-state index is 12.6. The second-order valence-corrected chi connectivity index (χ2v) is 6.90. The first-order valence-corrected chi connectivity index (χ1v) is 8.52. The number of Topliss-reactive ketones (excluding diaryl/α,β-unsaturated/α-hetero) is 1. The monoisotopic (exact) mass is 328 g/mol. The van der Waals surface area contributed by atoms with Crippen molar-refractivity contribution in [2.24, 2.45) is 11.7 Å². The summed E-state index contributed by atoms with van der Waals surface area (Å²) in [6, 6.07) is 4.25. The van der Waals surface area contributed by atoms with Crippen molar-refractivity contribution in [3.63, 3.8) is 0 Å². The zero-order valence-corrected chi connectivity index (χ0v) is 14.5. The molecule has 0 saturated heterocycles. The van der Waals surface area contributed by atoms with Crippen LogP contribution in [0.4, 0.5) is 5.69 Å². The van der Waals surface area contributed by atoms with Gasteiger partial charge in [0.2, 0.25) is 5.91 Å². The first-order valence-electron chi connectivity index (χ1n) is 8.52. The second kappa shape index (κ2) is 6.30. The third kappa shape index (κ3) is 2.79. The van der Waals surface area contributed by atoms with Crippen LogP contribution < -0.4 is 10.6 Å². The number of hydrogen-bond donors (Lipinski definition) is 1. The number of ketones is 1. The maximum Gasteiger partial charge on any atom is 0.220 e. The van der Waals surface area contributed by atoms with Crippen LogP contribution in [0.5, 0.6) is 0 Å². The van der Waals surface area contributed by atoms with Gasteiger partial charge < -0.3 is 15.1 Å². The lowest BCUT2D eigenvalue weighted by molar-refractivity contribution is -0.121. The van der Waals surface area contributed by atoms with Gasteiger partial charge in [0.25, 0.3) is 0 Å². The number of amides is 1.